The van der Waals surface area contributed by atoms with Crippen LogP contribution in [0.1, 0.15) is 41.0 Å². The number of aromatic nitrogens is 2. The number of carbonyl (C=O) groups excluding carboxylic acids is 2. The number of non-ortho nitro benzene ring substituents is 1. The van der Waals surface area contributed by atoms with Crippen LogP contribution in [-0.2, 0) is 24.3 Å². The normalized spacial score (nSPS) is 13.6. The Balaban J connectivity index is 0.00000400. The second kappa shape index (κ2) is 13.6. The number of rotatable bonds is 10. The van der Waals surface area contributed by atoms with Crippen LogP contribution in [0.3, 0.4) is 0 Å². The number of nitro benzene ring substituents is 1. The minimum Gasteiger partial charge on any atom is -0.339 e. The molecule has 3 aromatic rings. The van der Waals surface area contributed by atoms with Gasteiger partial charge in [0, 0.05) is 69.8 Å². The van der Waals surface area contributed by atoms with Crippen LogP contribution in [0, 0.1) is 10.1 Å². The number of nitrogens with zero attached hydrogens (tertiary/aromatic N) is 6. The fraction of sp³-hybridized carbons (Fsp3) is 0.385. The van der Waals surface area contributed by atoms with Gasteiger partial charge in [0.1, 0.15) is 0 Å². The van der Waals surface area contributed by atoms with Gasteiger partial charge in [0.05, 0.1) is 11.5 Å². The van der Waals surface area contributed by atoms with Crippen LogP contribution in [0.2, 0.25) is 0 Å². The van der Waals surface area contributed by atoms with E-state index in [0.717, 1.165) is 5.56 Å². The molecule has 202 valence electrons. The first-order chi connectivity index (χ1) is 17.9. The van der Waals surface area contributed by atoms with E-state index in [2.05, 4.69) is 15.0 Å². The molecule has 1 fully saturated rings. The lowest BCUT2D eigenvalue weighted by Gasteiger charge is -2.34. The molecule has 12 heteroatoms. The first-order valence-electron chi connectivity index (χ1n) is 12.3. The highest BCUT2D eigenvalue weighted by atomic mass is 35.5. The summed E-state index contributed by atoms with van der Waals surface area (Å²) < 4.78 is 5.36. The Hall–Kier alpha value is -3.83. The van der Waals surface area contributed by atoms with Gasteiger partial charge < -0.3 is 14.3 Å². The van der Waals surface area contributed by atoms with Gasteiger partial charge in [0.15, 0.2) is 5.82 Å². The highest BCUT2D eigenvalue weighted by Gasteiger charge is 2.24. The molecule has 4 rings (SSSR count). The van der Waals surface area contributed by atoms with Gasteiger partial charge in [-0.1, -0.05) is 35.5 Å². The summed E-state index contributed by atoms with van der Waals surface area (Å²) in [6.07, 6.45) is 0.681. The third-order valence-electron chi connectivity index (χ3n) is 6.36. The van der Waals surface area contributed by atoms with E-state index < -0.39 is 4.92 Å². The lowest BCUT2D eigenvalue weighted by Crippen LogP contribution is -2.48. The number of hydrogen-bond acceptors (Lipinski definition) is 8. The van der Waals surface area contributed by atoms with Crippen LogP contribution in [0.25, 0.3) is 0 Å². The molecule has 38 heavy (non-hydrogen) atoms. The van der Waals surface area contributed by atoms with Crippen LogP contribution >= 0.6 is 12.4 Å². The van der Waals surface area contributed by atoms with Gasteiger partial charge in [0.25, 0.3) is 11.6 Å². The summed E-state index contributed by atoms with van der Waals surface area (Å²) in [5.74, 6) is 0.884. The quantitative estimate of drug-likeness (QED) is 0.282. The SMILES string of the molecule is CCN(Cc1ccccc1)C(=O)CCc1nc(CN2CCN(C(=O)c3ccc([N+](=O)[O-])cc3)CC2)no1.Cl. The molecule has 1 saturated heterocycles. The van der Waals surface area contributed by atoms with Crippen molar-refractivity contribution in [2.24, 2.45) is 0 Å². The van der Waals surface area contributed by atoms with Crippen LogP contribution in [0.5, 0.6) is 0 Å². The first-order valence-corrected chi connectivity index (χ1v) is 12.3. The zero-order valence-corrected chi connectivity index (χ0v) is 22.0. The Bertz CT molecular complexity index is 1210. The van der Waals surface area contributed by atoms with E-state index in [-0.39, 0.29) is 29.9 Å². The molecule has 2 amide bonds. The van der Waals surface area contributed by atoms with Crippen molar-refractivity contribution in [1.82, 2.24) is 24.8 Å². The van der Waals surface area contributed by atoms with Gasteiger partial charge in [-0.25, -0.2) is 0 Å². The first kappa shape index (κ1) is 28.7. The van der Waals surface area contributed by atoms with Crippen LogP contribution < -0.4 is 0 Å². The second-order valence-electron chi connectivity index (χ2n) is 8.87. The van der Waals surface area contributed by atoms with E-state index in [1.807, 2.05) is 42.2 Å². The molecule has 0 aliphatic carbocycles. The average molecular weight is 543 g/mol. The van der Waals surface area contributed by atoms with Crippen LogP contribution in [0.15, 0.2) is 59.1 Å². The summed E-state index contributed by atoms with van der Waals surface area (Å²) in [6, 6.07) is 15.5. The molecule has 11 nitrogen and oxygen atoms in total. The van der Waals surface area contributed by atoms with Crippen molar-refractivity contribution in [1.29, 1.82) is 0 Å². The topological polar surface area (TPSA) is 126 Å². The molecule has 0 atom stereocenters. The van der Waals surface area contributed by atoms with Crippen molar-refractivity contribution >= 4 is 29.9 Å². The maximum Gasteiger partial charge on any atom is 0.269 e. The summed E-state index contributed by atoms with van der Waals surface area (Å²) in [6.45, 7) is 6.01. The molecule has 1 aromatic heterocycles. The molecule has 0 bridgehead atoms. The summed E-state index contributed by atoms with van der Waals surface area (Å²) in [7, 11) is 0. The van der Waals surface area contributed by atoms with E-state index in [0.29, 0.717) is 75.9 Å². The van der Waals surface area contributed by atoms with E-state index in [1.165, 1.54) is 24.3 Å². The predicted molar refractivity (Wildman–Crippen MR) is 142 cm³/mol. The van der Waals surface area contributed by atoms with E-state index >= 15 is 0 Å². The predicted octanol–water partition coefficient (Wildman–Crippen LogP) is 3.34. The highest BCUT2D eigenvalue weighted by Crippen LogP contribution is 2.16. The van der Waals surface area contributed by atoms with Crippen LogP contribution in [0.4, 0.5) is 5.69 Å². The lowest BCUT2D eigenvalue weighted by molar-refractivity contribution is -0.384. The third-order valence-corrected chi connectivity index (χ3v) is 6.36. The second-order valence-corrected chi connectivity index (χ2v) is 8.87. The standard InChI is InChI=1S/C26H30N6O5.ClH/c1-2-30(18-20-6-4-3-5-7-20)25(33)13-12-24-27-23(28-37-24)19-29-14-16-31(17-15-29)26(34)21-8-10-22(11-9-21)32(35)36;/h3-11H,2,12-19H2,1H3;1H. The van der Waals surface area contributed by atoms with Crippen molar-refractivity contribution in [2.75, 3.05) is 32.7 Å². The maximum atomic E-state index is 12.7. The average Bonchev–Trinajstić information content (AvgIpc) is 3.38. The summed E-state index contributed by atoms with van der Waals surface area (Å²) in [5, 5.41) is 14.9. The number of piperazine rings is 1. The van der Waals surface area contributed by atoms with Crippen molar-refractivity contribution in [2.45, 2.75) is 32.9 Å². The Kier molecular flexibility index (Phi) is 10.3. The van der Waals surface area contributed by atoms with Crippen LogP contribution in [-0.4, -0.2) is 74.3 Å². The Morgan fingerprint density at radius 2 is 1.74 bits per heavy atom. The minimum atomic E-state index is -0.486. The fourth-order valence-electron chi connectivity index (χ4n) is 4.23. The number of halogens is 1. The summed E-state index contributed by atoms with van der Waals surface area (Å²) >= 11 is 0. The van der Waals surface area contributed by atoms with E-state index in [9.17, 15) is 19.7 Å². The Morgan fingerprint density at radius 3 is 2.37 bits per heavy atom. The molecular weight excluding hydrogens is 512 g/mol. The van der Waals surface area contributed by atoms with Gasteiger partial charge >= 0.3 is 0 Å². The van der Waals surface area contributed by atoms with Crippen molar-refractivity contribution in [3.05, 3.63) is 87.6 Å². The smallest absolute Gasteiger partial charge is 0.269 e. The Morgan fingerprint density at radius 1 is 1.05 bits per heavy atom. The number of carbonyl (C=O) groups is 2. The molecule has 0 spiro atoms. The molecule has 0 N–H and O–H groups in total. The number of aryl methyl sites for hydroxylation is 1. The summed E-state index contributed by atoms with van der Waals surface area (Å²) in [5.41, 5.74) is 1.48. The number of nitro groups is 1. The van der Waals surface area contributed by atoms with E-state index in [4.69, 9.17) is 4.52 Å². The number of benzene rings is 2. The van der Waals surface area contributed by atoms with Gasteiger partial charge in [-0.3, -0.25) is 24.6 Å². The molecular formula is C26H31ClN6O5. The third kappa shape index (κ3) is 7.59. The zero-order valence-electron chi connectivity index (χ0n) is 21.2. The monoisotopic (exact) mass is 542 g/mol. The Labute approximate surface area is 227 Å². The van der Waals surface area contributed by atoms with Crippen molar-refractivity contribution in [3.63, 3.8) is 0 Å². The van der Waals surface area contributed by atoms with Gasteiger partial charge in [-0.15, -0.1) is 12.4 Å². The zero-order chi connectivity index (χ0) is 26.2. The molecule has 0 saturated carbocycles. The molecule has 2 aromatic carbocycles. The van der Waals surface area contributed by atoms with Gasteiger partial charge in [-0.05, 0) is 24.6 Å². The molecule has 0 radical (unpaired) electrons. The van der Waals surface area contributed by atoms with E-state index in [1.54, 1.807) is 4.90 Å². The lowest BCUT2D eigenvalue weighted by atomic mass is 10.1. The summed E-state index contributed by atoms with van der Waals surface area (Å²) in [4.78, 5) is 45.8. The highest BCUT2D eigenvalue weighted by molar-refractivity contribution is 5.94. The maximum absolute atomic E-state index is 12.7. The van der Waals surface area contributed by atoms with Gasteiger partial charge in [-0.2, -0.15) is 4.98 Å². The largest absolute Gasteiger partial charge is 0.339 e. The molecule has 1 aliphatic heterocycles. The van der Waals surface area contributed by atoms with Crippen molar-refractivity contribution in [3.8, 4) is 0 Å². The molecule has 0 unspecified atom stereocenters. The number of amides is 2. The number of hydrogen-bond donors (Lipinski definition) is 0. The fourth-order valence-corrected chi connectivity index (χ4v) is 4.23. The molecule has 1 aliphatic rings. The molecule has 2 heterocycles. The minimum absolute atomic E-state index is 0. The van der Waals surface area contributed by atoms with Gasteiger partial charge in [0.2, 0.25) is 11.8 Å². The van der Waals surface area contributed by atoms with Crippen molar-refractivity contribution < 1.29 is 19.0 Å².